The molecule has 0 spiro atoms. The second kappa shape index (κ2) is 9.37. The van der Waals surface area contributed by atoms with Crippen LogP contribution in [0.5, 0.6) is 0 Å². The van der Waals surface area contributed by atoms with Gasteiger partial charge in [0, 0.05) is 37.1 Å². The molecule has 4 rings (SSSR count). The molecule has 0 radical (unpaired) electrons. The second-order valence-corrected chi connectivity index (χ2v) is 8.93. The maximum Gasteiger partial charge on any atom is 0.274 e. The molecule has 2 aliphatic rings. The number of amides is 1. The molecule has 2 unspecified atom stereocenters. The first kappa shape index (κ1) is 21.3. The maximum absolute atomic E-state index is 13.0. The molecule has 0 bridgehead atoms. The van der Waals surface area contributed by atoms with Gasteiger partial charge in [-0.25, -0.2) is 4.98 Å². The molecule has 6 nitrogen and oxygen atoms in total. The molecule has 2 saturated heterocycles. The van der Waals surface area contributed by atoms with Gasteiger partial charge in [-0.2, -0.15) is 5.10 Å². The van der Waals surface area contributed by atoms with E-state index in [-0.39, 0.29) is 18.3 Å². The molecule has 2 aromatic heterocycles. The van der Waals surface area contributed by atoms with Crippen LogP contribution in [0.4, 0.5) is 0 Å². The molecular formula is C20H30ClN5OS. The van der Waals surface area contributed by atoms with Crippen LogP contribution in [0.15, 0.2) is 17.6 Å². The molecule has 2 aliphatic heterocycles. The summed E-state index contributed by atoms with van der Waals surface area (Å²) in [6.45, 7) is 7.93. The van der Waals surface area contributed by atoms with E-state index in [9.17, 15) is 4.79 Å². The van der Waals surface area contributed by atoms with Crippen LogP contribution in [-0.4, -0.2) is 51.8 Å². The minimum absolute atomic E-state index is 0. The van der Waals surface area contributed by atoms with Crippen molar-refractivity contribution in [2.24, 2.45) is 0 Å². The van der Waals surface area contributed by atoms with E-state index in [2.05, 4.69) is 29.6 Å². The molecular weight excluding hydrogens is 394 g/mol. The number of nitrogens with zero attached hydrogens (tertiary/aromatic N) is 4. The van der Waals surface area contributed by atoms with Crippen LogP contribution in [0.3, 0.4) is 0 Å². The number of nitrogens with one attached hydrogen (secondary N) is 1. The highest BCUT2D eigenvalue weighted by Crippen LogP contribution is 2.31. The molecule has 8 heteroatoms. The van der Waals surface area contributed by atoms with Gasteiger partial charge in [0.15, 0.2) is 0 Å². The number of hydrogen-bond acceptors (Lipinski definition) is 5. The van der Waals surface area contributed by atoms with E-state index in [4.69, 9.17) is 4.98 Å². The molecule has 2 fully saturated rings. The van der Waals surface area contributed by atoms with E-state index in [1.807, 2.05) is 21.8 Å². The lowest BCUT2D eigenvalue weighted by Crippen LogP contribution is -2.39. The van der Waals surface area contributed by atoms with Crippen molar-refractivity contribution in [3.63, 3.8) is 0 Å². The second-order valence-electron chi connectivity index (χ2n) is 8.04. The Balaban J connectivity index is 0.00000225. The molecule has 2 aromatic rings. The Morgan fingerprint density at radius 1 is 1.32 bits per heavy atom. The van der Waals surface area contributed by atoms with Gasteiger partial charge in [0.1, 0.15) is 5.69 Å². The van der Waals surface area contributed by atoms with Crippen molar-refractivity contribution in [3.8, 4) is 0 Å². The Hall–Kier alpha value is -1.44. The molecule has 1 amide bonds. The standard InChI is InChI=1S/C20H29N5OS.ClH/c1-14(2)18-13-27-19(22-18)15-5-4-9-24(12-15)20(26)17-7-10-25(23-17)16-6-3-8-21-11-16;/h7,10,13-16,21H,3-6,8-9,11-12H2,1-2H3;1H. The summed E-state index contributed by atoms with van der Waals surface area (Å²) < 4.78 is 1.97. The van der Waals surface area contributed by atoms with E-state index in [0.29, 0.717) is 23.6 Å². The Labute approximate surface area is 177 Å². The van der Waals surface area contributed by atoms with E-state index >= 15 is 0 Å². The number of rotatable bonds is 4. The minimum atomic E-state index is 0. The number of hydrogen-bond donors (Lipinski definition) is 1. The first-order valence-corrected chi connectivity index (χ1v) is 11.0. The van der Waals surface area contributed by atoms with Crippen LogP contribution in [0.1, 0.15) is 78.6 Å². The van der Waals surface area contributed by atoms with E-state index in [1.54, 1.807) is 11.3 Å². The SMILES string of the molecule is CC(C)c1csc(C2CCCN(C(=O)c3ccn(C4CCCNC4)n3)C2)n1.Cl. The van der Waals surface area contributed by atoms with Gasteiger partial charge in [-0.05, 0) is 44.2 Å². The van der Waals surface area contributed by atoms with Gasteiger partial charge in [0.25, 0.3) is 5.91 Å². The van der Waals surface area contributed by atoms with Crippen molar-refractivity contribution in [1.82, 2.24) is 25.0 Å². The molecule has 28 heavy (non-hydrogen) atoms. The summed E-state index contributed by atoms with van der Waals surface area (Å²) in [5.41, 5.74) is 1.74. The van der Waals surface area contributed by atoms with Crippen molar-refractivity contribution < 1.29 is 4.79 Å². The summed E-state index contributed by atoms with van der Waals surface area (Å²) in [6.07, 6.45) is 6.38. The molecule has 2 atom stereocenters. The lowest BCUT2D eigenvalue weighted by molar-refractivity contribution is 0.0699. The third-order valence-electron chi connectivity index (χ3n) is 5.66. The van der Waals surface area contributed by atoms with Gasteiger partial charge < -0.3 is 10.2 Å². The lowest BCUT2D eigenvalue weighted by Gasteiger charge is -2.31. The minimum Gasteiger partial charge on any atom is -0.337 e. The zero-order valence-electron chi connectivity index (χ0n) is 16.6. The van der Waals surface area contributed by atoms with Crippen LogP contribution in [0, 0.1) is 0 Å². The topological polar surface area (TPSA) is 63.1 Å². The van der Waals surface area contributed by atoms with E-state index in [1.165, 1.54) is 10.7 Å². The fraction of sp³-hybridized carbons (Fsp3) is 0.650. The van der Waals surface area contributed by atoms with E-state index < -0.39 is 0 Å². The molecule has 0 aromatic carbocycles. The Bertz CT molecular complexity index is 783. The van der Waals surface area contributed by atoms with Gasteiger partial charge in [-0.15, -0.1) is 23.7 Å². The normalized spacial score (nSPS) is 22.9. The molecule has 1 N–H and O–H groups in total. The molecule has 0 aliphatic carbocycles. The maximum atomic E-state index is 13.0. The van der Waals surface area contributed by atoms with Crippen LogP contribution < -0.4 is 5.32 Å². The van der Waals surface area contributed by atoms with Crippen LogP contribution >= 0.6 is 23.7 Å². The van der Waals surface area contributed by atoms with Gasteiger partial charge in [-0.3, -0.25) is 9.48 Å². The fourth-order valence-corrected chi connectivity index (χ4v) is 5.10. The average Bonchev–Trinajstić information content (AvgIpc) is 3.38. The van der Waals surface area contributed by atoms with Gasteiger partial charge >= 0.3 is 0 Å². The Morgan fingerprint density at radius 3 is 2.89 bits per heavy atom. The zero-order valence-corrected chi connectivity index (χ0v) is 18.3. The smallest absolute Gasteiger partial charge is 0.274 e. The van der Waals surface area contributed by atoms with Gasteiger partial charge in [0.2, 0.25) is 0 Å². The zero-order chi connectivity index (χ0) is 18.8. The Morgan fingerprint density at radius 2 is 2.18 bits per heavy atom. The van der Waals surface area contributed by atoms with E-state index in [0.717, 1.165) is 51.9 Å². The highest BCUT2D eigenvalue weighted by atomic mass is 35.5. The number of carbonyl (C=O) groups excluding carboxylic acids is 1. The molecule has 0 saturated carbocycles. The first-order valence-electron chi connectivity index (χ1n) is 10.1. The van der Waals surface area contributed by atoms with Crippen LogP contribution in [-0.2, 0) is 0 Å². The molecule has 154 valence electrons. The van der Waals surface area contributed by atoms with Crippen molar-refractivity contribution >= 4 is 29.7 Å². The van der Waals surface area contributed by atoms with Crippen molar-refractivity contribution in [2.45, 2.75) is 57.4 Å². The Kier molecular flexibility index (Phi) is 7.12. The average molecular weight is 424 g/mol. The lowest BCUT2D eigenvalue weighted by atomic mass is 9.98. The number of halogens is 1. The third-order valence-corrected chi connectivity index (χ3v) is 6.69. The number of thiazole rings is 1. The molecule has 4 heterocycles. The van der Waals surface area contributed by atoms with Gasteiger partial charge in [0.05, 0.1) is 16.7 Å². The number of piperidine rings is 2. The number of carbonyl (C=O) groups is 1. The highest BCUT2D eigenvalue weighted by Gasteiger charge is 2.29. The van der Waals surface area contributed by atoms with Crippen molar-refractivity contribution in [3.05, 3.63) is 34.0 Å². The van der Waals surface area contributed by atoms with Crippen LogP contribution in [0.25, 0.3) is 0 Å². The summed E-state index contributed by atoms with van der Waals surface area (Å²) in [4.78, 5) is 19.8. The number of likely N-dealkylation sites (tertiary alicyclic amines) is 1. The monoisotopic (exact) mass is 423 g/mol. The summed E-state index contributed by atoms with van der Waals surface area (Å²) in [5, 5.41) is 11.4. The predicted molar refractivity (Wildman–Crippen MR) is 115 cm³/mol. The van der Waals surface area contributed by atoms with Gasteiger partial charge in [-0.1, -0.05) is 13.8 Å². The third kappa shape index (κ3) is 4.58. The summed E-state index contributed by atoms with van der Waals surface area (Å²) >= 11 is 1.74. The van der Waals surface area contributed by atoms with Crippen LogP contribution in [0.2, 0.25) is 0 Å². The van der Waals surface area contributed by atoms with Crippen molar-refractivity contribution in [1.29, 1.82) is 0 Å². The summed E-state index contributed by atoms with van der Waals surface area (Å²) in [7, 11) is 0. The largest absolute Gasteiger partial charge is 0.337 e. The predicted octanol–water partition coefficient (Wildman–Crippen LogP) is 3.83. The number of aromatic nitrogens is 3. The quantitative estimate of drug-likeness (QED) is 0.811. The first-order chi connectivity index (χ1) is 13.1. The highest BCUT2D eigenvalue weighted by molar-refractivity contribution is 7.09. The summed E-state index contributed by atoms with van der Waals surface area (Å²) in [6, 6.07) is 2.24. The summed E-state index contributed by atoms with van der Waals surface area (Å²) in [5.74, 6) is 0.863. The fourth-order valence-electron chi connectivity index (χ4n) is 3.99. The van der Waals surface area contributed by atoms with Crippen molar-refractivity contribution in [2.75, 3.05) is 26.2 Å².